The van der Waals surface area contributed by atoms with Gasteiger partial charge in [0.05, 0.1) is 19.3 Å². The van der Waals surface area contributed by atoms with Gasteiger partial charge in [0.25, 0.3) is 11.8 Å². The van der Waals surface area contributed by atoms with Crippen molar-refractivity contribution in [1.82, 2.24) is 20.2 Å². The number of rotatable bonds is 7. The number of hydrogen-bond donors (Lipinski definition) is 1. The molecule has 1 aromatic heterocycles. The van der Waals surface area contributed by atoms with Crippen LogP contribution in [0.15, 0.2) is 73.2 Å². The van der Waals surface area contributed by atoms with E-state index in [1.54, 1.807) is 4.90 Å². The number of morpholine rings is 1. The minimum absolute atomic E-state index is 0.140. The first-order chi connectivity index (χ1) is 16.1. The molecule has 2 amide bonds. The molecule has 2 heterocycles. The summed E-state index contributed by atoms with van der Waals surface area (Å²) in [5.74, 6) is -0.459. The monoisotopic (exact) mass is 444 g/mol. The van der Waals surface area contributed by atoms with Gasteiger partial charge in [-0.05, 0) is 23.1 Å². The van der Waals surface area contributed by atoms with Crippen LogP contribution >= 0.6 is 0 Å². The molecule has 0 aliphatic carbocycles. The molecule has 4 rings (SSSR count). The van der Waals surface area contributed by atoms with Crippen LogP contribution in [0.5, 0.6) is 0 Å². The molecule has 3 aromatic rings. The van der Waals surface area contributed by atoms with E-state index in [-0.39, 0.29) is 30.7 Å². The molecule has 0 spiro atoms. The molecule has 1 saturated heterocycles. The molecule has 1 N–H and O–H groups in total. The lowest BCUT2D eigenvalue weighted by molar-refractivity contribution is -0.157. The molecular formula is C26H28N4O3. The van der Waals surface area contributed by atoms with Gasteiger partial charge in [-0.1, -0.05) is 61.5 Å². The van der Waals surface area contributed by atoms with Crippen LogP contribution in [0.1, 0.15) is 29.4 Å². The largest absolute Gasteiger partial charge is 0.361 e. The second-order valence-corrected chi connectivity index (χ2v) is 8.12. The smallest absolute Gasteiger partial charge is 0.274 e. The molecule has 33 heavy (non-hydrogen) atoms. The fourth-order valence-electron chi connectivity index (χ4n) is 4.13. The third kappa shape index (κ3) is 5.09. The van der Waals surface area contributed by atoms with Crippen molar-refractivity contribution < 1.29 is 14.3 Å². The number of carbonyl (C=O) groups is 2. The standard InChI is InChI=1S/C26H28N4O3/c1-2-12-29-25(32)26(17-21-10-6-7-11-22(21)20-8-4-3-5-9-20)19-30(15-16-33-26)24(31)23-18-27-13-14-28-23/h3-11,13-14,18H,2,12,15-17,19H2,1H3,(H,29,32)/t26-/m1/s1. The number of hydrogen-bond acceptors (Lipinski definition) is 5. The lowest BCUT2D eigenvalue weighted by atomic mass is 9.87. The number of aromatic nitrogens is 2. The third-order valence-corrected chi connectivity index (χ3v) is 5.78. The summed E-state index contributed by atoms with van der Waals surface area (Å²) in [5, 5.41) is 2.99. The van der Waals surface area contributed by atoms with Gasteiger partial charge in [0.1, 0.15) is 5.69 Å². The van der Waals surface area contributed by atoms with Crippen LogP contribution in [0.4, 0.5) is 0 Å². The van der Waals surface area contributed by atoms with Gasteiger partial charge in [0, 0.05) is 31.9 Å². The van der Waals surface area contributed by atoms with E-state index < -0.39 is 5.60 Å². The van der Waals surface area contributed by atoms with Gasteiger partial charge in [-0.2, -0.15) is 0 Å². The van der Waals surface area contributed by atoms with Crippen LogP contribution in [-0.2, 0) is 16.0 Å². The normalized spacial score (nSPS) is 18.0. The number of nitrogens with one attached hydrogen (secondary N) is 1. The summed E-state index contributed by atoms with van der Waals surface area (Å²) in [6.45, 7) is 3.34. The van der Waals surface area contributed by atoms with E-state index in [2.05, 4.69) is 15.3 Å². The minimum Gasteiger partial charge on any atom is -0.361 e. The molecule has 1 aliphatic heterocycles. The van der Waals surface area contributed by atoms with Crippen LogP contribution in [0.3, 0.4) is 0 Å². The van der Waals surface area contributed by atoms with E-state index in [9.17, 15) is 9.59 Å². The van der Waals surface area contributed by atoms with Crippen LogP contribution in [0.2, 0.25) is 0 Å². The Hall–Kier alpha value is -3.58. The Morgan fingerprint density at radius 2 is 1.88 bits per heavy atom. The van der Waals surface area contributed by atoms with Crippen molar-refractivity contribution in [3.63, 3.8) is 0 Å². The zero-order valence-electron chi connectivity index (χ0n) is 18.7. The van der Waals surface area contributed by atoms with E-state index >= 15 is 0 Å². The van der Waals surface area contributed by atoms with E-state index in [4.69, 9.17) is 4.74 Å². The Morgan fingerprint density at radius 1 is 1.09 bits per heavy atom. The fourth-order valence-corrected chi connectivity index (χ4v) is 4.13. The Kier molecular flexibility index (Phi) is 7.10. The molecular weight excluding hydrogens is 416 g/mol. The van der Waals surface area contributed by atoms with Gasteiger partial charge in [0.2, 0.25) is 0 Å². The van der Waals surface area contributed by atoms with Crippen LogP contribution < -0.4 is 5.32 Å². The molecule has 0 unspecified atom stereocenters. The van der Waals surface area contributed by atoms with Crippen LogP contribution in [0.25, 0.3) is 11.1 Å². The quantitative estimate of drug-likeness (QED) is 0.605. The van der Waals surface area contributed by atoms with Crippen LogP contribution in [-0.4, -0.2) is 58.5 Å². The first-order valence-electron chi connectivity index (χ1n) is 11.2. The van der Waals surface area contributed by atoms with Gasteiger partial charge < -0.3 is 15.0 Å². The molecule has 0 bridgehead atoms. The summed E-state index contributed by atoms with van der Waals surface area (Å²) in [4.78, 5) is 36.3. The second-order valence-electron chi connectivity index (χ2n) is 8.12. The summed E-state index contributed by atoms with van der Waals surface area (Å²) in [5.41, 5.74) is 2.16. The average Bonchev–Trinajstić information content (AvgIpc) is 2.88. The van der Waals surface area contributed by atoms with Gasteiger partial charge in [0.15, 0.2) is 5.60 Å². The lowest BCUT2D eigenvalue weighted by Gasteiger charge is -2.41. The Bertz CT molecular complexity index is 1090. The van der Waals surface area contributed by atoms with Crippen molar-refractivity contribution in [1.29, 1.82) is 0 Å². The summed E-state index contributed by atoms with van der Waals surface area (Å²) in [7, 11) is 0. The van der Waals surface area contributed by atoms with Crippen LogP contribution in [0, 0.1) is 0 Å². The number of benzene rings is 2. The predicted molar refractivity (Wildman–Crippen MR) is 126 cm³/mol. The van der Waals surface area contributed by atoms with E-state index in [0.29, 0.717) is 19.5 Å². The Morgan fingerprint density at radius 3 is 2.64 bits per heavy atom. The Labute approximate surface area is 193 Å². The zero-order chi connectivity index (χ0) is 23.1. The highest BCUT2D eigenvalue weighted by atomic mass is 16.5. The predicted octanol–water partition coefficient (Wildman–Crippen LogP) is 3.12. The van der Waals surface area contributed by atoms with E-state index in [1.807, 2.05) is 61.5 Å². The van der Waals surface area contributed by atoms with Crippen molar-refractivity contribution in [3.05, 3.63) is 84.4 Å². The molecule has 1 atom stereocenters. The maximum atomic E-state index is 13.4. The van der Waals surface area contributed by atoms with Gasteiger partial charge in [-0.15, -0.1) is 0 Å². The summed E-state index contributed by atoms with van der Waals surface area (Å²) in [6.07, 6.45) is 5.62. The van der Waals surface area contributed by atoms with Crippen molar-refractivity contribution in [3.8, 4) is 11.1 Å². The molecule has 1 aliphatic rings. The molecule has 170 valence electrons. The third-order valence-electron chi connectivity index (χ3n) is 5.78. The maximum absolute atomic E-state index is 13.4. The lowest BCUT2D eigenvalue weighted by Crippen LogP contribution is -2.62. The highest BCUT2D eigenvalue weighted by Gasteiger charge is 2.45. The van der Waals surface area contributed by atoms with Gasteiger partial charge in [-0.3, -0.25) is 14.6 Å². The SMILES string of the molecule is CCCNC(=O)[C@@]1(Cc2ccccc2-c2ccccc2)CN(C(=O)c2cnccn2)CCO1. The van der Waals surface area contributed by atoms with Crippen molar-refractivity contribution in [2.45, 2.75) is 25.4 Å². The summed E-state index contributed by atoms with van der Waals surface area (Å²) in [6, 6.07) is 18.1. The van der Waals surface area contributed by atoms with E-state index in [0.717, 1.165) is 23.1 Å². The second kappa shape index (κ2) is 10.4. The summed E-state index contributed by atoms with van der Waals surface area (Å²) < 4.78 is 6.19. The number of ether oxygens (including phenoxy) is 1. The molecule has 2 aromatic carbocycles. The maximum Gasteiger partial charge on any atom is 0.274 e. The van der Waals surface area contributed by atoms with E-state index in [1.165, 1.54) is 18.6 Å². The first-order valence-corrected chi connectivity index (χ1v) is 11.2. The fraction of sp³-hybridized carbons (Fsp3) is 0.308. The average molecular weight is 445 g/mol. The molecule has 1 fully saturated rings. The molecule has 7 heteroatoms. The molecule has 0 saturated carbocycles. The van der Waals surface area contributed by atoms with Crippen molar-refractivity contribution >= 4 is 11.8 Å². The van der Waals surface area contributed by atoms with Gasteiger partial charge in [-0.25, -0.2) is 4.98 Å². The highest BCUT2D eigenvalue weighted by molar-refractivity contribution is 5.93. The first kappa shape index (κ1) is 22.6. The number of carbonyl (C=O) groups excluding carboxylic acids is 2. The number of nitrogens with zero attached hydrogens (tertiary/aromatic N) is 3. The highest BCUT2D eigenvalue weighted by Crippen LogP contribution is 2.30. The van der Waals surface area contributed by atoms with Crippen molar-refractivity contribution in [2.24, 2.45) is 0 Å². The molecule has 7 nitrogen and oxygen atoms in total. The molecule has 0 radical (unpaired) electrons. The Balaban J connectivity index is 1.67. The topological polar surface area (TPSA) is 84.4 Å². The zero-order valence-corrected chi connectivity index (χ0v) is 18.7. The minimum atomic E-state index is -1.20. The number of amides is 2. The summed E-state index contributed by atoms with van der Waals surface area (Å²) >= 11 is 0. The van der Waals surface area contributed by atoms with Crippen molar-refractivity contribution in [2.75, 3.05) is 26.2 Å². The van der Waals surface area contributed by atoms with Gasteiger partial charge >= 0.3 is 0 Å².